The zero-order valence-electron chi connectivity index (χ0n) is 11.2. The van der Waals surface area contributed by atoms with Crippen molar-refractivity contribution in [1.82, 2.24) is 15.2 Å². The molecule has 1 rings (SSSR count). The molecule has 5 nitrogen and oxygen atoms in total. The zero-order valence-corrected chi connectivity index (χ0v) is 12.0. The summed E-state index contributed by atoms with van der Waals surface area (Å²) in [5.74, 6) is -0.0164. The first-order valence-electron chi connectivity index (χ1n) is 6.19. The Hall–Kier alpha value is -1.14. The van der Waals surface area contributed by atoms with Crippen LogP contribution >= 0.6 is 11.3 Å². The fourth-order valence-corrected chi connectivity index (χ4v) is 2.42. The third kappa shape index (κ3) is 4.62. The number of likely N-dealkylation sites (N-methyl/N-ethyl adjacent to an activating group) is 1. The molecule has 102 valence electrons. The number of hydrogen-bond donors (Lipinski definition) is 2. The van der Waals surface area contributed by atoms with Gasteiger partial charge in [-0.25, -0.2) is 0 Å². The minimum atomic E-state index is -0.0164. The van der Waals surface area contributed by atoms with Crippen molar-refractivity contribution in [3.8, 4) is 0 Å². The molecule has 18 heavy (non-hydrogen) atoms. The number of carbonyl (C=O) groups excluding carboxylic acids is 1. The average molecular weight is 271 g/mol. The Morgan fingerprint density at radius 1 is 1.56 bits per heavy atom. The fraction of sp³-hybridized carbons (Fsp3) is 0.667. The van der Waals surface area contributed by atoms with Crippen LogP contribution in [0.5, 0.6) is 0 Å². The van der Waals surface area contributed by atoms with Crippen molar-refractivity contribution in [2.75, 3.05) is 13.1 Å². The van der Waals surface area contributed by atoms with Crippen molar-refractivity contribution < 1.29 is 4.79 Å². The van der Waals surface area contributed by atoms with Crippen LogP contribution in [0.25, 0.3) is 0 Å². The molecule has 0 aliphatic carbocycles. The quantitative estimate of drug-likeness (QED) is 0.768. The van der Waals surface area contributed by atoms with Gasteiger partial charge in [0, 0.05) is 36.6 Å². The molecular weight excluding hydrogens is 250 g/mol. The average Bonchev–Trinajstić information content (AvgIpc) is 2.64. The summed E-state index contributed by atoms with van der Waals surface area (Å²) in [4.78, 5) is 23.1. The van der Waals surface area contributed by atoms with Crippen LogP contribution < -0.4 is 15.5 Å². The van der Waals surface area contributed by atoms with Gasteiger partial charge in [-0.1, -0.05) is 18.3 Å². The highest BCUT2D eigenvalue weighted by Crippen LogP contribution is 2.00. The second-order valence-electron chi connectivity index (χ2n) is 4.31. The van der Waals surface area contributed by atoms with Crippen LogP contribution in [0.15, 0.2) is 10.2 Å². The van der Waals surface area contributed by atoms with Gasteiger partial charge in [0.1, 0.15) is 0 Å². The first kappa shape index (κ1) is 14.9. The lowest BCUT2D eigenvalue weighted by Crippen LogP contribution is -2.39. The molecule has 0 saturated carbocycles. The maximum absolute atomic E-state index is 11.6. The van der Waals surface area contributed by atoms with Crippen molar-refractivity contribution in [3.63, 3.8) is 0 Å². The Balaban J connectivity index is 2.32. The summed E-state index contributed by atoms with van der Waals surface area (Å²) in [7, 11) is 0. The Bertz CT molecular complexity index is 439. The van der Waals surface area contributed by atoms with Gasteiger partial charge >= 0.3 is 4.87 Å². The molecule has 1 aromatic rings. The number of thiazole rings is 1. The van der Waals surface area contributed by atoms with Gasteiger partial charge in [-0.15, -0.1) is 0 Å². The van der Waals surface area contributed by atoms with E-state index < -0.39 is 0 Å². The number of carbonyl (C=O) groups is 1. The molecule has 0 aliphatic heterocycles. The highest BCUT2D eigenvalue weighted by atomic mass is 32.1. The molecule has 1 atom stereocenters. The van der Waals surface area contributed by atoms with Gasteiger partial charge in [-0.2, -0.15) is 0 Å². The molecule has 0 aromatic carbocycles. The van der Waals surface area contributed by atoms with Crippen LogP contribution in [0.1, 0.15) is 26.0 Å². The Morgan fingerprint density at radius 2 is 2.28 bits per heavy atom. The van der Waals surface area contributed by atoms with Crippen molar-refractivity contribution >= 4 is 17.2 Å². The van der Waals surface area contributed by atoms with Gasteiger partial charge < -0.3 is 15.2 Å². The minimum absolute atomic E-state index is 0.00122. The summed E-state index contributed by atoms with van der Waals surface area (Å²) in [6, 6.07) is 0.268. The first-order valence-corrected chi connectivity index (χ1v) is 7.07. The minimum Gasteiger partial charge on any atom is -0.354 e. The van der Waals surface area contributed by atoms with Crippen molar-refractivity contribution in [3.05, 3.63) is 20.7 Å². The molecule has 0 unspecified atom stereocenters. The van der Waals surface area contributed by atoms with Crippen LogP contribution in [-0.2, 0) is 11.3 Å². The van der Waals surface area contributed by atoms with E-state index in [1.54, 1.807) is 4.57 Å². The Labute approximate surface area is 111 Å². The number of aryl methyl sites for hydroxylation is 1. The predicted molar refractivity (Wildman–Crippen MR) is 74.1 cm³/mol. The maximum Gasteiger partial charge on any atom is 0.307 e. The molecule has 0 aliphatic rings. The lowest BCUT2D eigenvalue weighted by Gasteiger charge is -2.13. The van der Waals surface area contributed by atoms with Crippen molar-refractivity contribution in [2.45, 2.75) is 39.8 Å². The number of amides is 1. The normalized spacial score (nSPS) is 12.4. The standard InChI is InChI=1S/C12H21N3O2S/c1-4-13-9(2)7-14-11(16)5-6-15-10(3)8-18-12(15)17/h8-9,13H,4-7H2,1-3H3,(H,14,16)/t9-/m1/s1. The van der Waals surface area contributed by atoms with Crippen LogP contribution in [0.4, 0.5) is 0 Å². The molecule has 0 spiro atoms. The monoisotopic (exact) mass is 271 g/mol. The van der Waals surface area contributed by atoms with E-state index in [0.717, 1.165) is 12.2 Å². The zero-order chi connectivity index (χ0) is 13.5. The van der Waals surface area contributed by atoms with E-state index >= 15 is 0 Å². The van der Waals surface area contributed by atoms with Crippen LogP contribution in [0, 0.1) is 6.92 Å². The van der Waals surface area contributed by atoms with Crippen molar-refractivity contribution in [1.29, 1.82) is 0 Å². The first-order chi connectivity index (χ1) is 8.54. The largest absolute Gasteiger partial charge is 0.354 e. The van der Waals surface area contributed by atoms with Crippen LogP contribution in [-0.4, -0.2) is 29.6 Å². The molecule has 6 heteroatoms. The van der Waals surface area contributed by atoms with Gasteiger partial charge in [0.25, 0.3) is 0 Å². The molecule has 0 fully saturated rings. The SMILES string of the molecule is CCN[C@H](C)CNC(=O)CCn1c(C)csc1=O. The van der Waals surface area contributed by atoms with Gasteiger partial charge in [0.05, 0.1) is 0 Å². The molecule has 2 N–H and O–H groups in total. The highest BCUT2D eigenvalue weighted by molar-refractivity contribution is 7.07. The van der Waals surface area contributed by atoms with Crippen molar-refractivity contribution in [2.24, 2.45) is 0 Å². The lowest BCUT2D eigenvalue weighted by atomic mass is 10.3. The summed E-state index contributed by atoms with van der Waals surface area (Å²) in [5.41, 5.74) is 0.916. The molecule has 0 bridgehead atoms. The van der Waals surface area contributed by atoms with Gasteiger partial charge in [0.2, 0.25) is 5.91 Å². The fourth-order valence-electron chi connectivity index (χ4n) is 1.66. The molecule has 1 heterocycles. The van der Waals surface area contributed by atoms with E-state index in [4.69, 9.17) is 0 Å². The Morgan fingerprint density at radius 3 is 2.83 bits per heavy atom. The summed E-state index contributed by atoms with van der Waals surface area (Å²) in [6.45, 7) is 7.89. The van der Waals surface area contributed by atoms with E-state index in [2.05, 4.69) is 10.6 Å². The maximum atomic E-state index is 11.6. The highest BCUT2D eigenvalue weighted by Gasteiger charge is 2.07. The van der Waals surface area contributed by atoms with Crippen LogP contribution in [0.3, 0.4) is 0 Å². The van der Waals surface area contributed by atoms with Gasteiger partial charge in [0.15, 0.2) is 0 Å². The predicted octanol–water partition coefficient (Wildman–Crippen LogP) is 0.723. The van der Waals surface area contributed by atoms with Gasteiger partial charge in [-0.05, 0) is 20.4 Å². The number of aromatic nitrogens is 1. The van der Waals surface area contributed by atoms with E-state index in [1.165, 1.54) is 11.3 Å². The molecular formula is C12H21N3O2S. The summed E-state index contributed by atoms with van der Waals surface area (Å²) < 4.78 is 1.64. The number of rotatable bonds is 7. The number of nitrogens with one attached hydrogen (secondary N) is 2. The number of nitrogens with zero attached hydrogens (tertiary/aromatic N) is 1. The Kier molecular flexibility index (Phi) is 6.07. The van der Waals surface area contributed by atoms with Gasteiger partial charge in [-0.3, -0.25) is 9.59 Å². The second kappa shape index (κ2) is 7.33. The second-order valence-corrected chi connectivity index (χ2v) is 5.13. The topological polar surface area (TPSA) is 63.1 Å². The van der Waals surface area contributed by atoms with E-state index in [9.17, 15) is 9.59 Å². The molecule has 1 amide bonds. The van der Waals surface area contributed by atoms with E-state index in [-0.39, 0.29) is 16.8 Å². The third-order valence-corrected chi connectivity index (χ3v) is 3.58. The third-order valence-electron chi connectivity index (χ3n) is 2.70. The lowest BCUT2D eigenvalue weighted by molar-refractivity contribution is -0.121. The molecule has 0 radical (unpaired) electrons. The summed E-state index contributed by atoms with van der Waals surface area (Å²) >= 11 is 1.17. The summed E-state index contributed by atoms with van der Waals surface area (Å²) in [6.07, 6.45) is 0.344. The summed E-state index contributed by atoms with van der Waals surface area (Å²) in [5, 5.41) is 7.89. The number of hydrogen-bond acceptors (Lipinski definition) is 4. The molecule has 1 aromatic heterocycles. The van der Waals surface area contributed by atoms with Crippen LogP contribution in [0.2, 0.25) is 0 Å². The van der Waals surface area contributed by atoms with E-state index in [0.29, 0.717) is 19.5 Å². The van der Waals surface area contributed by atoms with E-state index in [1.807, 2.05) is 26.2 Å². The smallest absolute Gasteiger partial charge is 0.307 e. The molecule has 0 saturated heterocycles.